The van der Waals surface area contributed by atoms with Gasteiger partial charge < -0.3 is 10.5 Å². The van der Waals surface area contributed by atoms with Crippen molar-refractivity contribution < 1.29 is 4.74 Å². The number of benzene rings is 1. The van der Waals surface area contributed by atoms with Gasteiger partial charge in [-0.05, 0) is 31.0 Å². The van der Waals surface area contributed by atoms with E-state index in [1.54, 1.807) is 0 Å². The average molecular weight is 245 g/mol. The van der Waals surface area contributed by atoms with Crippen LogP contribution < -0.4 is 10.5 Å². The van der Waals surface area contributed by atoms with Crippen molar-refractivity contribution in [3.63, 3.8) is 0 Å². The Hall–Kier alpha value is -1.55. The van der Waals surface area contributed by atoms with Crippen molar-refractivity contribution in [2.75, 3.05) is 13.2 Å². The highest BCUT2D eigenvalue weighted by Crippen LogP contribution is 2.37. The third-order valence-electron chi connectivity index (χ3n) is 4.05. The SMILES string of the molecule is NCC1(COc2ccc3[nH]ncc3c2)CCCC1. The smallest absolute Gasteiger partial charge is 0.120 e. The van der Waals surface area contributed by atoms with Gasteiger partial charge in [-0.1, -0.05) is 12.8 Å². The van der Waals surface area contributed by atoms with Crippen LogP contribution in [0.3, 0.4) is 0 Å². The van der Waals surface area contributed by atoms with Gasteiger partial charge in [0.05, 0.1) is 18.3 Å². The summed E-state index contributed by atoms with van der Waals surface area (Å²) in [6.07, 6.45) is 6.76. The molecule has 0 aliphatic heterocycles. The maximum atomic E-state index is 5.94. The Balaban J connectivity index is 1.72. The Bertz CT molecular complexity index is 529. The largest absolute Gasteiger partial charge is 0.493 e. The van der Waals surface area contributed by atoms with Gasteiger partial charge in [0, 0.05) is 17.3 Å². The van der Waals surface area contributed by atoms with E-state index in [0.29, 0.717) is 0 Å². The molecule has 0 saturated heterocycles. The Morgan fingerprint density at radius 2 is 2.17 bits per heavy atom. The highest BCUT2D eigenvalue weighted by atomic mass is 16.5. The number of aromatic nitrogens is 2. The molecular weight excluding hydrogens is 226 g/mol. The molecule has 1 aromatic heterocycles. The van der Waals surface area contributed by atoms with Gasteiger partial charge in [0.1, 0.15) is 5.75 Å². The standard InChI is InChI=1S/C14H19N3O/c15-9-14(5-1-2-6-14)10-18-12-3-4-13-11(7-12)8-16-17-13/h3-4,7-8H,1-2,5-6,9-10,15H2,(H,16,17). The van der Waals surface area contributed by atoms with E-state index in [9.17, 15) is 0 Å². The molecule has 4 nitrogen and oxygen atoms in total. The van der Waals surface area contributed by atoms with Crippen LogP contribution in [-0.4, -0.2) is 23.3 Å². The van der Waals surface area contributed by atoms with E-state index in [0.717, 1.165) is 29.8 Å². The van der Waals surface area contributed by atoms with Crippen molar-refractivity contribution in [1.29, 1.82) is 0 Å². The first-order chi connectivity index (χ1) is 8.81. The summed E-state index contributed by atoms with van der Waals surface area (Å²) in [4.78, 5) is 0. The zero-order valence-corrected chi connectivity index (χ0v) is 10.5. The van der Waals surface area contributed by atoms with Gasteiger partial charge >= 0.3 is 0 Å². The number of fused-ring (bicyclic) bond motifs is 1. The lowest BCUT2D eigenvalue weighted by Crippen LogP contribution is -2.33. The third kappa shape index (κ3) is 2.08. The Labute approximate surface area is 107 Å². The summed E-state index contributed by atoms with van der Waals surface area (Å²) in [5.74, 6) is 0.906. The van der Waals surface area contributed by atoms with Crippen LogP contribution in [0.5, 0.6) is 5.75 Å². The van der Waals surface area contributed by atoms with E-state index < -0.39 is 0 Å². The van der Waals surface area contributed by atoms with Gasteiger partial charge in [-0.3, -0.25) is 5.10 Å². The van der Waals surface area contributed by atoms with E-state index in [1.165, 1.54) is 25.7 Å². The molecule has 0 spiro atoms. The highest BCUT2D eigenvalue weighted by Gasteiger charge is 2.33. The topological polar surface area (TPSA) is 63.9 Å². The number of hydrogen-bond acceptors (Lipinski definition) is 3. The number of ether oxygens (including phenoxy) is 1. The van der Waals surface area contributed by atoms with E-state index in [4.69, 9.17) is 10.5 Å². The van der Waals surface area contributed by atoms with Crippen molar-refractivity contribution in [1.82, 2.24) is 10.2 Å². The molecule has 3 rings (SSSR count). The maximum absolute atomic E-state index is 5.94. The number of nitrogens with one attached hydrogen (secondary N) is 1. The normalized spacial score (nSPS) is 18.3. The van der Waals surface area contributed by atoms with Gasteiger partial charge in [-0.2, -0.15) is 5.10 Å². The fraction of sp³-hybridized carbons (Fsp3) is 0.500. The lowest BCUT2D eigenvalue weighted by molar-refractivity contribution is 0.157. The summed E-state index contributed by atoms with van der Waals surface area (Å²) in [5, 5.41) is 8.03. The number of nitrogens with two attached hydrogens (primary N) is 1. The number of nitrogens with zero attached hydrogens (tertiary/aromatic N) is 1. The van der Waals surface area contributed by atoms with Crippen LogP contribution >= 0.6 is 0 Å². The van der Waals surface area contributed by atoms with E-state index in [2.05, 4.69) is 10.2 Å². The first-order valence-electron chi connectivity index (χ1n) is 6.57. The van der Waals surface area contributed by atoms with Crippen molar-refractivity contribution in [2.45, 2.75) is 25.7 Å². The summed E-state index contributed by atoms with van der Waals surface area (Å²) >= 11 is 0. The van der Waals surface area contributed by atoms with Crippen molar-refractivity contribution >= 4 is 10.9 Å². The molecule has 2 aromatic rings. The van der Waals surface area contributed by atoms with Gasteiger partial charge in [-0.25, -0.2) is 0 Å². The van der Waals surface area contributed by atoms with Crippen LogP contribution in [0.1, 0.15) is 25.7 Å². The summed E-state index contributed by atoms with van der Waals surface area (Å²) in [6, 6.07) is 6.01. The van der Waals surface area contributed by atoms with Crippen molar-refractivity contribution in [3.05, 3.63) is 24.4 Å². The summed E-state index contributed by atoms with van der Waals surface area (Å²) in [5.41, 5.74) is 7.15. The molecule has 1 aliphatic rings. The fourth-order valence-corrected chi connectivity index (χ4v) is 2.78. The van der Waals surface area contributed by atoms with Crippen LogP contribution in [0.15, 0.2) is 24.4 Å². The predicted molar refractivity (Wildman–Crippen MR) is 71.5 cm³/mol. The molecule has 1 aromatic carbocycles. The molecule has 0 unspecified atom stereocenters. The molecule has 0 radical (unpaired) electrons. The minimum atomic E-state index is 0.200. The second-order valence-corrected chi connectivity index (χ2v) is 5.32. The molecule has 1 heterocycles. The zero-order chi connectivity index (χ0) is 12.4. The number of rotatable bonds is 4. The lowest BCUT2D eigenvalue weighted by Gasteiger charge is -2.26. The second kappa shape index (κ2) is 4.61. The molecule has 18 heavy (non-hydrogen) atoms. The molecule has 0 bridgehead atoms. The first-order valence-corrected chi connectivity index (χ1v) is 6.57. The summed E-state index contributed by atoms with van der Waals surface area (Å²) in [6.45, 7) is 1.45. The van der Waals surface area contributed by atoms with E-state index in [-0.39, 0.29) is 5.41 Å². The first kappa shape index (κ1) is 11.5. The monoisotopic (exact) mass is 245 g/mol. The molecule has 1 fully saturated rings. The number of hydrogen-bond donors (Lipinski definition) is 2. The summed E-state index contributed by atoms with van der Waals surface area (Å²) < 4.78 is 5.94. The molecule has 4 heteroatoms. The minimum absolute atomic E-state index is 0.200. The van der Waals surface area contributed by atoms with Gasteiger partial charge in [-0.15, -0.1) is 0 Å². The van der Waals surface area contributed by atoms with Crippen LogP contribution in [0.2, 0.25) is 0 Å². The summed E-state index contributed by atoms with van der Waals surface area (Å²) in [7, 11) is 0. The van der Waals surface area contributed by atoms with Crippen molar-refractivity contribution in [2.24, 2.45) is 11.1 Å². The van der Waals surface area contributed by atoms with Gasteiger partial charge in [0.15, 0.2) is 0 Å². The minimum Gasteiger partial charge on any atom is -0.493 e. The average Bonchev–Trinajstić information content (AvgIpc) is 3.05. The van der Waals surface area contributed by atoms with Gasteiger partial charge in [0.25, 0.3) is 0 Å². The van der Waals surface area contributed by atoms with Crippen LogP contribution in [0.4, 0.5) is 0 Å². The Kier molecular flexibility index (Phi) is 2.96. The molecule has 96 valence electrons. The Morgan fingerprint density at radius 1 is 1.33 bits per heavy atom. The Morgan fingerprint density at radius 3 is 2.94 bits per heavy atom. The van der Waals surface area contributed by atoms with Crippen LogP contribution in [-0.2, 0) is 0 Å². The van der Waals surface area contributed by atoms with E-state index in [1.807, 2.05) is 24.4 Å². The molecule has 1 aliphatic carbocycles. The zero-order valence-electron chi connectivity index (χ0n) is 10.5. The number of H-pyrrole nitrogens is 1. The molecule has 1 saturated carbocycles. The predicted octanol–water partition coefficient (Wildman–Crippen LogP) is 2.46. The lowest BCUT2D eigenvalue weighted by atomic mass is 9.87. The quantitative estimate of drug-likeness (QED) is 0.869. The molecular formula is C14H19N3O. The van der Waals surface area contributed by atoms with E-state index >= 15 is 0 Å². The molecule has 3 N–H and O–H groups in total. The maximum Gasteiger partial charge on any atom is 0.120 e. The third-order valence-corrected chi connectivity index (χ3v) is 4.05. The molecule has 0 atom stereocenters. The number of aromatic amines is 1. The van der Waals surface area contributed by atoms with Crippen LogP contribution in [0.25, 0.3) is 10.9 Å². The fourth-order valence-electron chi connectivity index (χ4n) is 2.78. The highest BCUT2D eigenvalue weighted by molar-refractivity contribution is 5.79. The second-order valence-electron chi connectivity index (χ2n) is 5.32. The van der Waals surface area contributed by atoms with Crippen molar-refractivity contribution in [3.8, 4) is 5.75 Å². The molecule has 0 amide bonds. The van der Waals surface area contributed by atoms with Crippen LogP contribution in [0, 0.1) is 5.41 Å². The van der Waals surface area contributed by atoms with Gasteiger partial charge in [0.2, 0.25) is 0 Å².